The van der Waals surface area contributed by atoms with E-state index in [0.717, 1.165) is 35.3 Å². The quantitative estimate of drug-likeness (QED) is 0.398. The molecule has 1 aromatic heterocycles. The number of benzene rings is 2. The minimum Gasteiger partial charge on any atom is -0.493 e. The fourth-order valence-electron chi connectivity index (χ4n) is 3.78. The summed E-state index contributed by atoms with van der Waals surface area (Å²) < 4.78 is 67.9. The van der Waals surface area contributed by atoms with E-state index in [4.69, 9.17) is 9.47 Å². The van der Waals surface area contributed by atoms with Crippen molar-refractivity contribution in [2.45, 2.75) is 36.8 Å². The zero-order chi connectivity index (χ0) is 23.3. The highest BCUT2D eigenvalue weighted by Crippen LogP contribution is 2.27. The van der Waals surface area contributed by atoms with Gasteiger partial charge in [0.15, 0.2) is 4.90 Å². The highest BCUT2D eigenvalue weighted by molar-refractivity contribution is 7.89. The normalized spacial score (nSPS) is 16.4. The fraction of sp³-hybridized carbons (Fsp3) is 0.333. The Balaban J connectivity index is 1.54. The van der Waals surface area contributed by atoms with Crippen LogP contribution in [0.4, 0.5) is 8.78 Å². The summed E-state index contributed by atoms with van der Waals surface area (Å²) in [5, 5.41) is 2.01. The molecule has 5 nitrogen and oxygen atoms in total. The van der Waals surface area contributed by atoms with E-state index >= 15 is 0 Å². The average molecular weight is 494 g/mol. The molecule has 0 aliphatic carbocycles. The minimum absolute atomic E-state index is 0.0135. The molecule has 1 atom stereocenters. The zero-order valence-electron chi connectivity index (χ0n) is 18.0. The molecule has 0 amide bonds. The van der Waals surface area contributed by atoms with Crippen molar-refractivity contribution in [3.05, 3.63) is 82.1 Å². The van der Waals surface area contributed by atoms with Gasteiger partial charge in [0.05, 0.1) is 12.7 Å². The highest BCUT2D eigenvalue weighted by atomic mass is 32.2. The molecule has 4 rings (SSSR count). The summed E-state index contributed by atoms with van der Waals surface area (Å²) >= 11 is 1.66. The number of ether oxygens (including phenoxy) is 2. The lowest BCUT2D eigenvalue weighted by molar-refractivity contribution is 0.0924. The molecule has 2 heterocycles. The lowest BCUT2D eigenvalue weighted by atomic mass is 10.2. The molecular weight excluding hydrogens is 468 g/mol. The lowest BCUT2D eigenvalue weighted by Gasteiger charge is -2.25. The first-order valence-electron chi connectivity index (χ1n) is 10.7. The van der Waals surface area contributed by atoms with Crippen LogP contribution in [0.1, 0.15) is 23.3 Å². The molecule has 1 aliphatic rings. The second-order valence-corrected chi connectivity index (χ2v) is 10.7. The molecule has 1 aliphatic heterocycles. The maximum absolute atomic E-state index is 14.4. The second-order valence-electron chi connectivity index (χ2n) is 7.81. The predicted octanol–water partition coefficient (Wildman–Crippen LogP) is 5.02. The van der Waals surface area contributed by atoms with Gasteiger partial charge < -0.3 is 9.47 Å². The van der Waals surface area contributed by atoms with Crippen molar-refractivity contribution in [3.8, 4) is 5.75 Å². The molecule has 9 heteroatoms. The summed E-state index contributed by atoms with van der Waals surface area (Å²) in [6, 6.07) is 14.2. The average Bonchev–Trinajstić information content (AvgIpc) is 3.48. The van der Waals surface area contributed by atoms with Crippen LogP contribution >= 0.6 is 11.3 Å². The van der Waals surface area contributed by atoms with Gasteiger partial charge in [-0.2, -0.15) is 4.31 Å². The summed E-state index contributed by atoms with van der Waals surface area (Å²) in [5.74, 6) is -1.62. The Labute approximate surface area is 196 Å². The minimum atomic E-state index is -4.44. The largest absolute Gasteiger partial charge is 0.493 e. The van der Waals surface area contributed by atoms with Gasteiger partial charge in [-0.05, 0) is 54.1 Å². The van der Waals surface area contributed by atoms with Crippen molar-refractivity contribution in [1.29, 1.82) is 0 Å². The number of rotatable bonds is 10. The molecule has 0 N–H and O–H groups in total. The number of thiophene rings is 1. The number of nitrogens with zero attached hydrogens (tertiary/aromatic N) is 1. The highest BCUT2D eigenvalue weighted by Gasteiger charge is 2.33. The van der Waals surface area contributed by atoms with Crippen LogP contribution in [0.5, 0.6) is 5.75 Å². The van der Waals surface area contributed by atoms with E-state index in [-0.39, 0.29) is 19.2 Å². The van der Waals surface area contributed by atoms with Gasteiger partial charge in [-0.1, -0.05) is 24.3 Å². The number of hydrogen-bond donors (Lipinski definition) is 0. The molecule has 1 fully saturated rings. The van der Waals surface area contributed by atoms with Gasteiger partial charge in [-0.3, -0.25) is 0 Å². The molecule has 0 unspecified atom stereocenters. The molecule has 2 aromatic carbocycles. The molecule has 0 spiro atoms. The van der Waals surface area contributed by atoms with Gasteiger partial charge in [0.2, 0.25) is 10.0 Å². The summed E-state index contributed by atoms with van der Waals surface area (Å²) in [5.41, 5.74) is 0.655. The maximum atomic E-state index is 14.4. The molecule has 33 heavy (non-hydrogen) atoms. The van der Waals surface area contributed by atoms with Crippen LogP contribution in [0.25, 0.3) is 0 Å². The van der Waals surface area contributed by atoms with Crippen LogP contribution in [0.2, 0.25) is 0 Å². The Hall–Kier alpha value is -2.33. The Bertz CT molecular complexity index is 1140. The molecule has 0 bridgehead atoms. The van der Waals surface area contributed by atoms with Gasteiger partial charge in [-0.25, -0.2) is 17.2 Å². The summed E-state index contributed by atoms with van der Waals surface area (Å²) in [6.45, 7) is 0.986. The van der Waals surface area contributed by atoms with E-state index in [0.29, 0.717) is 30.9 Å². The monoisotopic (exact) mass is 493 g/mol. The molecule has 176 valence electrons. The van der Waals surface area contributed by atoms with Gasteiger partial charge >= 0.3 is 0 Å². The first kappa shape index (κ1) is 23.8. The molecule has 1 saturated heterocycles. The molecular formula is C24H25F2NO4S2. The van der Waals surface area contributed by atoms with Crippen molar-refractivity contribution < 1.29 is 26.7 Å². The summed E-state index contributed by atoms with van der Waals surface area (Å²) in [6.07, 6.45) is 1.96. The third kappa shape index (κ3) is 5.97. The second kappa shape index (κ2) is 10.7. The topological polar surface area (TPSA) is 55.8 Å². The van der Waals surface area contributed by atoms with Gasteiger partial charge in [-0.15, -0.1) is 11.3 Å². The van der Waals surface area contributed by atoms with Crippen LogP contribution < -0.4 is 4.74 Å². The Morgan fingerprint density at radius 1 is 1.09 bits per heavy atom. The molecule has 3 aromatic rings. The molecule has 0 saturated carbocycles. The molecule has 0 radical (unpaired) electrons. The Kier molecular flexibility index (Phi) is 7.75. The van der Waals surface area contributed by atoms with E-state index in [9.17, 15) is 17.2 Å². The van der Waals surface area contributed by atoms with Crippen LogP contribution in [0.15, 0.2) is 64.9 Å². The van der Waals surface area contributed by atoms with E-state index < -0.39 is 26.6 Å². The zero-order valence-corrected chi connectivity index (χ0v) is 19.6. The van der Waals surface area contributed by atoms with E-state index in [1.54, 1.807) is 35.6 Å². The smallest absolute Gasteiger partial charge is 0.249 e. The third-order valence-electron chi connectivity index (χ3n) is 5.40. The SMILES string of the molecule is O=S(=O)(c1c(F)cccc1F)N(Cc1cccc(OCCc2cccs2)c1)C[C@H]1CCCO1. The number of hydrogen-bond acceptors (Lipinski definition) is 5. The Morgan fingerprint density at radius 2 is 1.88 bits per heavy atom. The van der Waals surface area contributed by atoms with Gasteiger partial charge in [0.1, 0.15) is 17.4 Å². The van der Waals surface area contributed by atoms with Crippen molar-refractivity contribution in [2.24, 2.45) is 0 Å². The van der Waals surface area contributed by atoms with Crippen LogP contribution in [0, 0.1) is 11.6 Å². The van der Waals surface area contributed by atoms with Crippen molar-refractivity contribution in [3.63, 3.8) is 0 Å². The maximum Gasteiger partial charge on any atom is 0.249 e. The number of sulfonamides is 1. The van der Waals surface area contributed by atoms with Crippen molar-refractivity contribution >= 4 is 21.4 Å². The summed E-state index contributed by atoms with van der Waals surface area (Å²) in [4.78, 5) is 0.276. The lowest BCUT2D eigenvalue weighted by Crippen LogP contribution is -2.37. The van der Waals surface area contributed by atoms with Crippen molar-refractivity contribution in [2.75, 3.05) is 19.8 Å². The van der Waals surface area contributed by atoms with Crippen molar-refractivity contribution in [1.82, 2.24) is 4.31 Å². The van der Waals surface area contributed by atoms with Crippen LogP contribution in [-0.4, -0.2) is 38.6 Å². The van der Waals surface area contributed by atoms with E-state index in [1.165, 1.54) is 4.88 Å². The Morgan fingerprint density at radius 3 is 2.58 bits per heavy atom. The first-order valence-corrected chi connectivity index (χ1v) is 13.1. The fourth-order valence-corrected chi connectivity index (χ4v) is 6.04. The van der Waals surface area contributed by atoms with Crippen LogP contribution in [0.3, 0.4) is 0 Å². The third-order valence-corrected chi connectivity index (χ3v) is 8.20. The standard InChI is InChI=1S/C24H25F2NO4S2/c25-22-9-2-10-23(26)24(22)33(28,29)27(17-20-7-3-12-30-20)16-18-5-1-6-19(15-18)31-13-11-21-8-4-14-32-21/h1-2,4-6,8-10,14-15,20H,3,7,11-13,16-17H2/t20-/m1/s1. The van der Waals surface area contributed by atoms with Gasteiger partial charge in [0.25, 0.3) is 0 Å². The van der Waals surface area contributed by atoms with E-state index in [2.05, 4.69) is 0 Å². The first-order chi connectivity index (χ1) is 15.9. The summed E-state index contributed by atoms with van der Waals surface area (Å²) in [7, 11) is -4.44. The number of halogens is 2. The van der Waals surface area contributed by atoms with Crippen LogP contribution in [-0.2, 0) is 27.7 Å². The van der Waals surface area contributed by atoms with E-state index in [1.807, 2.05) is 17.5 Å². The van der Waals surface area contributed by atoms with Gasteiger partial charge in [0, 0.05) is 31.0 Å². The predicted molar refractivity (Wildman–Crippen MR) is 123 cm³/mol.